The maximum atomic E-state index is 13.2. The Balaban J connectivity index is 1.42. The standard InChI is InChI=1S/C21H19FN6/c22-16-6-8-18(9-7-16)28-21-19(14-25-28)20(23-15-24-21)27-12-10-26(11-13-27)17-4-2-1-3-5-17/h1-9,14-15H,10-13H2. The van der Waals surface area contributed by atoms with Crippen LogP contribution in [0.1, 0.15) is 0 Å². The summed E-state index contributed by atoms with van der Waals surface area (Å²) in [5, 5.41) is 5.37. The van der Waals surface area contributed by atoms with Gasteiger partial charge in [0.2, 0.25) is 0 Å². The molecule has 0 atom stereocenters. The van der Waals surface area contributed by atoms with E-state index in [1.54, 1.807) is 29.3 Å². The summed E-state index contributed by atoms with van der Waals surface area (Å²) in [4.78, 5) is 13.6. The molecule has 0 bridgehead atoms. The van der Waals surface area contributed by atoms with E-state index in [9.17, 15) is 4.39 Å². The molecular formula is C21H19FN6. The first kappa shape index (κ1) is 16.7. The van der Waals surface area contributed by atoms with Crippen molar-refractivity contribution < 1.29 is 4.39 Å². The smallest absolute Gasteiger partial charge is 0.168 e. The number of piperazine rings is 1. The Kier molecular flexibility index (Phi) is 4.12. The highest BCUT2D eigenvalue weighted by molar-refractivity contribution is 5.87. The molecule has 0 saturated carbocycles. The fourth-order valence-corrected chi connectivity index (χ4v) is 3.67. The third kappa shape index (κ3) is 2.94. The Hall–Kier alpha value is -3.48. The van der Waals surface area contributed by atoms with Gasteiger partial charge in [-0.15, -0.1) is 0 Å². The summed E-state index contributed by atoms with van der Waals surface area (Å²) in [7, 11) is 0. The Morgan fingerprint density at radius 1 is 0.750 bits per heavy atom. The van der Waals surface area contributed by atoms with Crippen molar-refractivity contribution in [3.63, 3.8) is 0 Å². The van der Waals surface area contributed by atoms with Crippen LogP contribution in [0.3, 0.4) is 0 Å². The molecule has 0 amide bonds. The monoisotopic (exact) mass is 374 g/mol. The van der Waals surface area contributed by atoms with Crippen LogP contribution < -0.4 is 9.80 Å². The minimum atomic E-state index is -0.271. The summed E-state index contributed by atoms with van der Waals surface area (Å²) < 4.78 is 15.0. The van der Waals surface area contributed by atoms with Crippen molar-refractivity contribution in [1.82, 2.24) is 19.7 Å². The number of halogens is 1. The fourth-order valence-electron chi connectivity index (χ4n) is 3.67. The van der Waals surface area contributed by atoms with Crippen LogP contribution in [0.2, 0.25) is 0 Å². The largest absolute Gasteiger partial charge is 0.368 e. The number of hydrogen-bond donors (Lipinski definition) is 0. The van der Waals surface area contributed by atoms with E-state index in [2.05, 4.69) is 49.1 Å². The molecule has 2 aromatic heterocycles. The summed E-state index contributed by atoms with van der Waals surface area (Å²) in [6.07, 6.45) is 3.36. The number of para-hydroxylation sites is 1. The van der Waals surface area contributed by atoms with E-state index in [1.165, 1.54) is 17.8 Å². The molecule has 1 fully saturated rings. The van der Waals surface area contributed by atoms with Crippen LogP contribution in [-0.2, 0) is 0 Å². The van der Waals surface area contributed by atoms with Crippen molar-refractivity contribution >= 4 is 22.5 Å². The molecule has 6 nitrogen and oxygen atoms in total. The quantitative estimate of drug-likeness (QED) is 0.551. The average Bonchev–Trinajstić information content (AvgIpc) is 3.19. The number of aromatic nitrogens is 4. The van der Waals surface area contributed by atoms with Crippen molar-refractivity contribution in [2.45, 2.75) is 0 Å². The number of fused-ring (bicyclic) bond motifs is 1. The molecule has 140 valence electrons. The zero-order chi connectivity index (χ0) is 18.9. The van der Waals surface area contributed by atoms with Crippen molar-refractivity contribution in [1.29, 1.82) is 0 Å². The molecule has 7 heteroatoms. The van der Waals surface area contributed by atoms with Crippen LogP contribution in [0.5, 0.6) is 0 Å². The van der Waals surface area contributed by atoms with E-state index in [-0.39, 0.29) is 5.82 Å². The lowest BCUT2D eigenvalue weighted by atomic mass is 10.2. The highest BCUT2D eigenvalue weighted by atomic mass is 19.1. The maximum Gasteiger partial charge on any atom is 0.168 e. The van der Waals surface area contributed by atoms with Crippen molar-refractivity contribution in [3.8, 4) is 5.69 Å². The van der Waals surface area contributed by atoms with Crippen molar-refractivity contribution in [2.75, 3.05) is 36.0 Å². The Bertz CT molecular complexity index is 1090. The van der Waals surface area contributed by atoms with Gasteiger partial charge in [-0.2, -0.15) is 5.10 Å². The first-order valence-electron chi connectivity index (χ1n) is 9.29. The van der Waals surface area contributed by atoms with E-state index in [0.717, 1.165) is 48.7 Å². The number of benzene rings is 2. The summed E-state index contributed by atoms with van der Waals surface area (Å²) in [5.74, 6) is 0.623. The van der Waals surface area contributed by atoms with Gasteiger partial charge in [-0.05, 0) is 36.4 Å². The summed E-state index contributed by atoms with van der Waals surface area (Å²) in [5.41, 5.74) is 2.75. The van der Waals surface area contributed by atoms with Gasteiger partial charge >= 0.3 is 0 Å². The summed E-state index contributed by atoms with van der Waals surface area (Å²) in [6, 6.07) is 16.7. The summed E-state index contributed by atoms with van der Waals surface area (Å²) in [6.45, 7) is 3.62. The zero-order valence-electron chi connectivity index (χ0n) is 15.2. The van der Waals surface area contributed by atoms with Gasteiger partial charge in [0.25, 0.3) is 0 Å². The van der Waals surface area contributed by atoms with E-state index in [1.807, 2.05) is 6.07 Å². The molecule has 1 aliphatic rings. The Morgan fingerprint density at radius 2 is 1.46 bits per heavy atom. The summed E-state index contributed by atoms with van der Waals surface area (Å²) >= 11 is 0. The second-order valence-electron chi connectivity index (χ2n) is 6.78. The predicted octanol–water partition coefficient (Wildman–Crippen LogP) is 3.28. The number of hydrogen-bond acceptors (Lipinski definition) is 5. The lowest BCUT2D eigenvalue weighted by Crippen LogP contribution is -2.46. The minimum absolute atomic E-state index is 0.271. The molecule has 0 unspecified atom stereocenters. The first-order valence-corrected chi connectivity index (χ1v) is 9.29. The van der Waals surface area contributed by atoms with Gasteiger partial charge in [0.1, 0.15) is 18.0 Å². The Labute approximate surface area is 161 Å². The van der Waals surface area contributed by atoms with Crippen LogP contribution in [0, 0.1) is 5.82 Å². The molecule has 5 rings (SSSR count). The van der Waals surface area contributed by atoms with Crippen molar-refractivity contribution in [3.05, 3.63) is 72.9 Å². The molecule has 1 aliphatic heterocycles. The SMILES string of the molecule is Fc1ccc(-n2ncc3c(N4CCN(c5ccccc5)CC4)ncnc32)cc1. The lowest BCUT2D eigenvalue weighted by molar-refractivity contribution is 0.627. The fraction of sp³-hybridized carbons (Fsp3) is 0.190. The molecule has 28 heavy (non-hydrogen) atoms. The van der Waals surface area contributed by atoms with Gasteiger partial charge in [0.15, 0.2) is 5.65 Å². The Morgan fingerprint density at radius 3 is 2.21 bits per heavy atom. The maximum absolute atomic E-state index is 13.2. The molecule has 0 spiro atoms. The molecular weight excluding hydrogens is 355 g/mol. The van der Waals surface area contributed by atoms with E-state index >= 15 is 0 Å². The average molecular weight is 374 g/mol. The normalized spacial score (nSPS) is 14.6. The van der Waals surface area contributed by atoms with E-state index < -0.39 is 0 Å². The highest BCUT2D eigenvalue weighted by Crippen LogP contribution is 2.26. The van der Waals surface area contributed by atoms with Crippen LogP contribution in [0.25, 0.3) is 16.7 Å². The minimum Gasteiger partial charge on any atom is -0.368 e. The molecule has 0 radical (unpaired) electrons. The molecule has 3 heterocycles. The van der Waals surface area contributed by atoms with Gasteiger partial charge in [0.05, 0.1) is 17.3 Å². The first-order chi connectivity index (χ1) is 13.8. The molecule has 4 aromatic rings. The van der Waals surface area contributed by atoms with Gasteiger partial charge in [-0.3, -0.25) is 0 Å². The highest BCUT2D eigenvalue weighted by Gasteiger charge is 2.21. The third-order valence-electron chi connectivity index (χ3n) is 5.12. The molecule has 1 saturated heterocycles. The predicted molar refractivity (Wildman–Crippen MR) is 107 cm³/mol. The lowest BCUT2D eigenvalue weighted by Gasteiger charge is -2.36. The van der Waals surface area contributed by atoms with E-state index in [4.69, 9.17) is 0 Å². The topological polar surface area (TPSA) is 50.1 Å². The van der Waals surface area contributed by atoms with Gasteiger partial charge in [-0.1, -0.05) is 18.2 Å². The molecule has 0 N–H and O–H groups in total. The van der Waals surface area contributed by atoms with Crippen LogP contribution in [0.15, 0.2) is 67.1 Å². The second-order valence-corrected chi connectivity index (χ2v) is 6.78. The number of rotatable bonds is 3. The third-order valence-corrected chi connectivity index (χ3v) is 5.12. The molecule has 2 aromatic carbocycles. The van der Waals surface area contributed by atoms with Gasteiger partial charge < -0.3 is 9.80 Å². The van der Waals surface area contributed by atoms with Crippen LogP contribution in [0.4, 0.5) is 15.9 Å². The van der Waals surface area contributed by atoms with Crippen molar-refractivity contribution in [2.24, 2.45) is 0 Å². The van der Waals surface area contributed by atoms with Gasteiger partial charge in [-0.25, -0.2) is 19.0 Å². The van der Waals surface area contributed by atoms with Crippen LogP contribution in [-0.4, -0.2) is 45.9 Å². The number of anilines is 2. The number of nitrogens with zero attached hydrogens (tertiary/aromatic N) is 6. The van der Waals surface area contributed by atoms with Gasteiger partial charge in [0, 0.05) is 31.9 Å². The van der Waals surface area contributed by atoms with Crippen LogP contribution >= 0.6 is 0 Å². The zero-order valence-corrected chi connectivity index (χ0v) is 15.2. The molecule has 0 aliphatic carbocycles. The second kappa shape index (κ2) is 6.92. The van der Waals surface area contributed by atoms with E-state index in [0.29, 0.717) is 0 Å².